The van der Waals surface area contributed by atoms with Crippen LogP contribution in [-0.2, 0) is 23.9 Å². The number of carbonyl (C=O) groups excluding carboxylic acids is 3. The number of esters is 2. The van der Waals surface area contributed by atoms with E-state index in [1.54, 1.807) is 19.9 Å². The topological polar surface area (TPSA) is 89.9 Å². The highest BCUT2D eigenvalue weighted by Gasteiger charge is 2.64. The van der Waals surface area contributed by atoms with E-state index in [1.807, 2.05) is 13.8 Å². The molecule has 0 aromatic carbocycles. The molecule has 0 aromatic rings. The van der Waals surface area contributed by atoms with Crippen LogP contribution in [0.2, 0.25) is 0 Å². The minimum absolute atomic E-state index is 0.143. The molecule has 2 aliphatic carbocycles. The molecule has 1 unspecified atom stereocenters. The molecule has 26 heavy (non-hydrogen) atoms. The molecule has 1 saturated carbocycles. The number of hydrogen-bond acceptors (Lipinski definition) is 6. The van der Waals surface area contributed by atoms with E-state index < -0.39 is 41.6 Å². The zero-order valence-electron chi connectivity index (χ0n) is 15.6. The molecule has 0 spiro atoms. The summed E-state index contributed by atoms with van der Waals surface area (Å²) < 4.78 is 11.2. The van der Waals surface area contributed by atoms with Crippen molar-refractivity contribution in [3.63, 3.8) is 0 Å². The number of aliphatic hydroxyl groups excluding tert-OH is 1. The molecule has 3 rings (SSSR count). The van der Waals surface area contributed by atoms with Gasteiger partial charge in [-0.3, -0.25) is 9.59 Å². The Kier molecular flexibility index (Phi) is 4.59. The number of ketones is 1. The molecule has 2 fully saturated rings. The van der Waals surface area contributed by atoms with Gasteiger partial charge in [-0.25, -0.2) is 4.79 Å². The SMILES string of the molecule is C=C1C(=O)O[C@@H]2[C@H](O)[C@@H](C)[C@@H]3C=CC(=O)[C@@]3(C)[C@@H](OC(=O)C(C)CC)[C@H]12. The summed E-state index contributed by atoms with van der Waals surface area (Å²) in [6, 6.07) is 0. The van der Waals surface area contributed by atoms with Crippen LogP contribution in [-0.4, -0.2) is 41.1 Å². The van der Waals surface area contributed by atoms with Gasteiger partial charge in [0.2, 0.25) is 0 Å². The van der Waals surface area contributed by atoms with Gasteiger partial charge in [0.25, 0.3) is 0 Å². The zero-order chi connectivity index (χ0) is 19.4. The van der Waals surface area contributed by atoms with Crippen molar-refractivity contribution in [2.75, 3.05) is 0 Å². The van der Waals surface area contributed by atoms with E-state index in [1.165, 1.54) is 6.08 Å². The number of allylic oxidation sites excluding steroid dienone is 2. The van der Waals surface area contributed by atoms with Crippen LogP contribution >= 0.6 is 0 Å². The molecule has 1 saturated heterocycles. The third kappa shape index (κ3) is 2.46. The van der Waals surface area contributed by atoms with E-state index in [9.17, 15) is 19.5 Å². The average molecular weight is 362 g/mol. The Bertz CT molecular complexity index is 694. The summed E-state index contributed by atoms with van der Waals surface area (Å²) >= 11 is 0. The van der Waals surface area contributed by atoms with E-state index >= 15 is 0 Å². The van der Waals surface area contributed by atoms with Crippen molar-refractivity contribution < 1.29 is 29.0 Å². The summed E-state index contributed by atoms with van der Waals surface area (Å²) in [5.41, 5.74) is -0.926. The van der Waals surface area contributed by atoms with Gasteiger partial charge in [0.1, 0.15) is 12.2 Å². The lowest BCUT2D eigenvalue weighted by Gasteiger charge is -2.39. The normalized spacial score (nSPS) is 42.7. The van der Waals surface area contributed by atoms with Gasteiger partial charge < -0.3 is 14.6 Å². The molecule has 0 aromatic heterocycles. The van der Waals surface area contributed by atoms with Gasteiger partial charge in [0.05, 0.1) is 23.4 Å². The van der Waals surface area contributed by atoms with E-state index in [0.29, 0.717) is 6.42 Å². The summed E-state index contributed by atoms with van der Waals surface area (Å²) in [7, 11) is 0. The van der Waals surface area contributed by atoms with Gasteiger partial charge in [0, 0.05) is 5.57 Å². The van der Waals surface area contributed by atoms with Gasteiger partial charge in [-0.1, -0.05) is 33.4 Å². The first-order valence-electron chi connectivity index (χ1n) is 9.15. The maximum Gasteiger partial charge on any atom is 0.334 e. The fourth-order valence-electron chi connectivity index (χ4n) is 4.52. The smallest absolute Gasteiger partial charge is 0.334 e. The van der Waals surface area contributed by atoms with Crippen LogP contribution in [0.15, 0.2) is 24.3 Å². The van der Waals surface area contributed by atoms with Crippen molar-refractivity contribution in [1.82, 2.24) is 0 Å². The summed E-state index contributed by atoms with van der Waals surface area (Å²) in [6.45, 7) is 11.0. The van der Waals surface area contributed by atoms with Crippen molar-refractivity contribution in [1.29, 1.82) is 0 Å². The van der Waals surface area contributed by atoms with Gasteiger partial charge in [0.15, 0.2) is 5.78 Å². The van der Waals surface area contributed by atoms with Gasteiger partial charge in [-0.05, 0) is 31.3 Å². The van der Waals surface area contributed by atoms with Crippen LogP contribution in [0.4, 0.5) is 0 Å². The van der Waals surface area contributed by atoms with Crippen molar-refractivity contribution in [3.05, 3.63) is 24.3 Å². The fraction of sp³-hybridized carbons (Fsp3) is 0.650. The Morgan fingerprint density at radius 2 is 2.12 bits per heavy atom. The minimum atomic E-state index is -1.07. The van der Waals surface area contributed by atoms with Crippen LogP contribution in [0.5, 0.6) is 0 Å². The molecular weight excluding hydrogens is 336 g/mol. The lowest BCUT2D eigenvalue weighted by molar-refractivity contribution is -0.169. The Morgan fingerprint density at radius 3 is 2.73 bits per heavy atom. The largest absolute Gasteiger partial charge is 0.460 e. The van der Waals surface area contributed by atoms with Crippen molar-refractivity contribution in [2.45, 2.75) is 52.4 Å². The maximum absolute atomic E-state index is 12.8. The predicted molar refractivity (Wildman–Crippen MR) is 92.8 cm³/mol. The van der Waals surface area contributed by atoms with Crippen molar-refractivity contribution >= 4 is 17.7 Å². The first-order valence-corrected chi connectivity index (χ1v) is 9.15. The van der Waals surface area contributed by atoms with Crippen LogP contribution in [0.3, 0.4) is 0 Å². The first kappa shape index (κ1) is 18.8. The molecule has 142 valence electrons. The first-order chi connectivity index (χ1) is 12.1. The van der Waals surface area contributed by atoms with Crippen LogP contribution in [0, 0.1) is 29.1 Å². The van der Waals surface area contributed by atoms with Gasteiger partial charge in [-0.2, -0.15) is 0 Å². The summed E-state index contributed by atoms with van der Waals surface area (Å²) in [4.78, 5) is 37.5. The van der Waals surface area contributed by atoms with E-state index in [0.717, 1.165) is 0 Å². The van der Waals surface area contributed by atoms with E-state index in [2.05, 4.69) is 6.58 Å². The Balaban J connectivity index is 2.11. The Hall–Kier alpha value is -1.95. The summed E-state index contributed by atoms with van der Waals surface area (Å²) in [5.74, 6) is -2.96. The average Bonchev–Trinajstić information content (AvgIpc) is 3.06. The number of rotatable bonds is 3. The summed E-state index contributed by atoms with van der Waals surface area (Å²) in [6.07, 6.45) is 1.09. The Labute approximate surface area is 153 Å². The maximum atomic E-state index is 12.8. The van der Waals surface area contributed by atoms with Crippen molar-refractivity contribution in [3.8, 4) is 0 Å². The quantitative estimate of drug-likeness (QED) is 0.608. The molecule has 0 bridgehead atoms. The Morgan fingerprint density at radius 1 is 1.46 bits per heavy atom. The highest BCUT2D eigenvalue weighted by Crippen LogP contribution is 2.54. The number of ether oxygens (including phenoxy) is 2. The third-order valence-corrected chi connectivity index (χ3v) is 6.56. The number of hydrogen-bond donors (Lipinski definition) is 1. The standard InChI is InChI=1S/C20H26O6/c1-6-9(2)18(23)26-17-14-11(4)19(24)25-16(14)15(22)10(3)12-7-8-13(21)20(12,17)5/h7-10,12,14-17,22H,4,6H2,1-3,5H3/t9?,10-,12-,14+,15+,16-,17-,20-/m0/s1. The number of carbonyl (C=O) groups is 3. The van der Waals surface area contributed by atoms with E-state index in [4.69, 9.17) is 9.47 Å². The molecular formula is C20H26O6. The highest BCUT2D eigenvalue weighted by molar-refractivity contribution is 5.99. The highest BCUT2D eigenvalue weighted by atomic mass is 16.6. The molecule has 3 aliphatic rings. The van der Waals surface area contributed by atoms with Crippen LogP contribution in [0.25, 0.3) is 0 Å². The monoisotopic (exact) mass is 362 g/mol. The second kappa shape index (κ2) is 6.34. The zero-order valence-corrected chi connectivity index (χ0v) is 15.6. The third-order valence-electron chi connectivity index (χ3n) is 6.56. The minimum Gasteiger partial charge on any atom is -0.460 e. The summed E-state index contributed by atoms with van der Waals surface area (Å²) in [5, 5.41) is 10.8. The second-order valence-corrected chi connectivity index (χ2v) is 7.97. The predicted octanol–water partition coefficient (Wildman–Crippen LogP) is 1.81. The molecule has 0 amide bonds. The number of aliphatic hydroxyl groups is 1. The van der Waals surface area contributed by atoms with Gasteiger partial charge >= 0.3 is 11.9 Å². The molecule has 6 nitrogen and oxygen atoms in total. The molecule has 0 radical (unpaired) electrons. The molecule has 8 atom stereocenters. The van der Waals surface area contributed by atoms with Crippen LogP contribution in [0.1, 0.15) is 34.1 Å². The van der Waals surface area contributed by atoms with Gasteiger partial charge in [-0.15, -0.1) is 0 Å². The van der Waals surface area contributed by atoms with Crippen LogP contribution < -0.4 is 0 Å². The van der Waals surface area contributed by atoms with E-state index in [-0.39, 0.29) is 29.1 Å². The molecule has 6 heteroatoms. The van der Waals surface area contributed by atoms with Crippen molar-refractivity contribution in [2.24, 2.45) is 29.1 Å². The lowest BCUT2D eigenvalue weighted by Crippen LogP contribution is -2.49. The molecule has 1 aliphatic heterocycles. The lowest BCUT2D eigenvalue weighted by atomic mass is 9.67. The molecule has 1 N–H and O–H groups in total. The molecule has 1 heterocycles. The fourth-order valence-corrected chi connectivity index (χ4v) is 4.52. The second-order valence-electron chi connectivity index (χ2n) is 7.97. The number of fused-ring (bicyclic) bond motifs is 2.